The van der Waals surface area contributed by atoms with E-state index in [4.69, 9.17) is 5.11 Å². The molecule has 0 spiro atoms. The van der Waals surface area contributed by atoms with Gasteiger partial charge in [-0.1, -0.05) is 38.7 Å². The molecule has 0 aliphatic rings. The fourth-order valence-electron chi connectivity index (χ4n) is 2.04. The molecule has 1 aromatic rings. The van der Waals surface area contributed by atoms with E-state index in [1.165, 1.54) is 6.07 Å². The van der Waals surface area contributed by atoms with Crippen LogP contribution in [0.2, 0.25) is 0 Å². The summed E-state index contributed by atoms with van der Waals surface area (Å²) >= 11 is 0. The second kappa shape index (κ2) is 8.73. The predicted molar refractivity (Wildman–Crippen MR) is 80.8 cm³/mol. The van der Waals surface area contributed by atoms with Crippen LogP contribution >= 0.6 is 0 Å². The highest BCUT2D eigenvalue weighted by Gasteiger charge is 2.09. The van der Waals surface area contributed by atoms with Crippen LogP contribution in [0.1, 0.15) is 38.3 Å². The molecule has 0 heterocycles. The lowest BCUT2D eigenvalue weighted by Gasteiger charge is -2.22. The Morgan fingerprint density at radius 1 is 1.35 bits per heavy atom. The number of rotatable bonds is 6. The SMILES string of the molecule is CCN(Cc1ccc(C#CCCO)cc1F)CC(C)C. The first-order valence-corrected chi connectivity index (χ1v) is 7.17. The molecule has 0 amide bonds. The molecule has 20 heavy (non-hydrogen) atoms. The molecule has 0 saturated heterocycles. The van der Waals surface area contributed by atoms with Crippen LogP contribution in [-0.4, -0.2) is 29.7 Å². The number of aliphatic hydroxyl groups is 1. The summed E-state index contributed by atoms with van der Waals surface area (Å²) < 4.78 is 14.0. The van der Waals surface area contributed by atoms with E-state index in [-0.39, 0.29) is 12.4 Å². The third kappa shape index (κ3) is 5.73. The van der Waals surface area contributed by atoms with Crippen molar-refractivity contribution in [3.63, 3.8) is 0 Å². The fraction of sp³-hybridized carbons (Fsp3) is 0.529. The first-order valence-electron chi connectivity index (χ1n) is 7.17. The Morgan fingerprint density at radius 3 is 2.65 bits per heavy atom. The molecule has 1 N–H and O–H groups in total. The molecule has 3 heteroatoms. The van der Waals surface area contributed by atoms with E-state index in [1.54, 1.807) is 6.07 Å². The zero-order chi connectivity index (χ0) is 15.0. The number of nitrogens with zero attached hydrogens (tertiary/aromatic N) is 1. The molecule has 0 unspecified atom stereocenters. The fourth-order valence-corrected chi connectivity index (χ4v) is 2.04. The number of hydrogen-bond acceptors (Lipinski definition) is 2. The Hall–Kier alpha value is -1.37. The van der Waals surface area contributed by atoms with E-state index in [9.17, 15) is 4.39 Å². The van der Waals surface area contributed by atoms with Crippen LogP contribution < -0.4 is 0 Å². The van der Waals surface area contributed by atoms with Gasteiger partial charge in [-0.15, -0.1) is 0 Å². The first kappa shape index (κ1) is 16.7. The summed E-state index contributed by atoms with van der Waals surface area (Å²) in [5.74, 6) is 6.01. The third-order valence-electron chi connectivity index (χ3n) is 2.99. The van der Waals surface area contributed by atoms with Gasteiger partial charge in [0, 0.05) is 30.6 Å². The smallest absolute Gasteiger partial charge is 0.128 e. The molecule has 0 aliphatic heterocycles. The monoisotopic (exact) mass is 277 g/mol. The summed E-state index contributed by atoms with van der Waals surface area (Å²) in [5, 5.41) is 8.66. The van der Waals surface area contributed by atoms with Gasteiger partial charge in [0.25, 0.3) is 0 Å². The van der Waals surface area contributed by atoms with Crippen molar-refractivity contribution in [3.8, 4) is 11.8 Å². The normalized spacial score (nSPS) is 10.8. The molecular weight excluding hydrogens is 253 g/mol. The average molecular weight is 277 g/mol. The highest BCUT2D eigenvalue weighted by molar-refractivity contribution is 5.37. The lowest BCUT2D eigenvalue weighted by atomic mass is 10.1. The highest BCUT2D eigenvalue weighted by Crippen LogP contribution is 2.13. The van der Waals surface area contributed by atoms with E-state index < -0.39 is 0 Å². The number of aliphatic hydroxyl groups excluding tert-OH is 1. The zero-order valence-electron chi connectivity index (χ0n) is 12.6. The van der Waals surface area contributed by atoms with Gasteiger partial charge in [0.05, 0.1) is 6.61 Å². The van der Waals surface area contributed by atoms with Gasteiger partial charge in [0.15, 0.2) is 0 Å². The van der Waals surface area contributed by atoms with E-state index in [1.807, 2.05) is 6.07 Å². The lowest BCUT2D eigenvalue weighted by Crippen LogP contribution is -2.27. The summed E-state index contributed by atoms with van der Waals surface area (Å²) in [6, 6.07) is 5.12. The zero-order valence-corrected chi connectivity index (χ0v) is 12.6. The van der Waals surface area contributed by atoms with Crippen molar-refractivity contribution >= 4 is 0 Å². The standard InChI is InChI=1S/C17H24FNO/c1-4-19(12-14(2)3)13-16-9-8-15(11-17(16)18)7-5-6-10-20/h8-9,11,14,20H,4,6,10,12-13H2,1-3H3. The summed E-state index contributed by atoms with van der Waals surface area (Å²) in [7, 11) is 0. The molecule has 0 fully saturated rings. The van der Waals surface area contributed by atoms with Crippen molar-refractivity contribution in [2.75, 3.05) is 19.7 Å². The molecule has 0 radical (unpaired) electrons. The molecule has 0 aromatic heterocycles. The van der Waals surface area contributed by atoms with Crippen molar-refractivity contribution < 1.29 is 9.50 Å². The van der Waals surface area contributed by atoms with E-state index in [2.05, 4.69) is 37.5 Å². The third-order valence-corrected chi connectivity index (χ3v) is 2.99. The van der Waals surface area contributed by atoms with Gasteiger partial charge >= 0.3 is 0 Å². The maximum absolute atomic E-state index is 14.0. The molecule has 0 saturated carbocycles. The van der Waals surface area contributed by atoms with Crippen LogP contribution in [0, 0.1) is 23.6 Å². The average Bonchev–Trinajstić information content (AvgIpc) is 2.40. The van der Waals surface area contributed by atoms with Gasteiger partial charge in [-0.05, 0) is 24.6 Å². The maximum atomic E-state index is 14.0. The van der Waals surface area contributed by atoms with E-state index >= 15 is 0 Å². The second-order valence-corrected chi connectivity index (χ2v) is 5.30. The Bertz CT molecular complexity index is 474. The molecular formula is C17H24FNO. The number of halogens is 1. The summed E-state index contributed by atoms with van der Waals surface area (Å²) in [6.45, 7) is 8.97. The molecule has 110 valence electrons. The van der Waals surface area contributed by atoms with Crippen molar-refractivity contribution in [2.24, 2.45) is 5.92 Å². The molecule has 1 aromatic carbocycles. The van der Waals surface area contributed by atoms with Gasteiger partial charge < -0.3 is 5.11 Å². The first-order chi connectivity index (χ1) is 9.56. The lowest BCUT2D eigenvalue weighted by molar-refractivity contribution is 0.245. The molecule has 0 aliphatic carbocycles. The van der Waals surface area contributed by atoms with Gasteiger partial charge in [0.2, 0.25) is 0 Å². The molecule has 2 nitrogen and oxygen atoms in total. The van der Waals surface area contributed by atoms with Gasteiger partial charge in [-0.2, -0.15) is 0 Å². The van der Waals surface area contributed by atoms with E-state index in [0.717, 1.165) is 13.1 Å². The largest absolute Gasteiger partial charge is 0.395 e. The molecule has 0 bridgehead atoms. The van der Waals surface area contributed by atoms with Crippen LogP contribution in [0.5, 0.6) is 0 Å². The van der Waals surface area contributed by atoms with Crippen molar-refractivity contribution in [2.45, 2.75) is 33.7 Å². The summed E-state index contributed by atoms with van der Waals surface area (Å²) in [4.78, 5) is 2.24. The highest BCUT2D eigenvalue weighted by atomic mass is 19.1. The van der Waals surface area contributed by atoms with Crippen LogP contribution in [0.4, 0.5) is 4.39 Å². The quantitative estimate of drug-likeness (QED) is 0.808. The maximum Gasteiger partial charge on any atom is 0.128 e. The number of hydrogen-bond donors (Lipinski definition) is 1. The second-order valence-electron chi connectivity index (χ2n) is 5.30. The summed E-state index contributed by atoms with van der Waals surface area (Å²) in [6.07, 6.45) is 0.418. The minimum atomic E-state index is -0.206. The minimum Gasteiger partial charge on any atom is -0.395 e. The van der Waals surface area contributed by atoms with Crippen molar-refractivity contribution in [1.29, 1.82) is 0 Å². The predicted octanol–water partition coefficient (Wildman–Crippen LogP) is 3.04. The number of benzene rings is 1. The van der Waals surface area contributed by atoms with Crippen LogP contribution in [-0.2, 0) is 6.54 Å². The Morgan fingerprint density at radius 2 is 2.10 bits per heavy atom. The Balaban J connectivity index is 2.75. The summed E-state index contributed by atoms with van der Waals surface area (Å²) in [5.41, 5.74) is 1.37. The molecule has 1 rings (SSSR count). The van der Waals surface area contributed by atoms with Crippen molar-refractivity contribution in [1.82, 2.24) is 4.90 Å². The Labute approximate surface area is 121 Å². The van der Waals surface area contributed by atoms with Crippen molar-refractivity contribution in [3.05, 3.63) is 35.1 Å². The van der Waals surface area contributed by atoms with E-state index in [0.29, 0.717) is 30.0 Å². The van der Waals surface area contributed by atoms with Gasteiger partial charge in [-0.3, -0.25) is 4.90 Å². The van der Waals surface area contributed by atoms with Gasteiger partial charge in [-0.25, -0.2) is 4.39 Å². The van der Waals surface area contributed by atoms with Gasteiger partial charge in [0.1, 0.15) is 5.82 Å². The van der Waals surface area contributed by atoms with Crippen LogP contribution in [0.15, 0.2) is 18.2 Å². The van der Waals surface area contributed by atoms with Crippen LogP contribution in [0.25, 0.3) is 0 Å². The minimum absolute atomic E-state index is 0.0359. The van der Waals surface area contributed by atoms with Crippen LogP contribution in [0.3, 0.4) is 0 Å². The Kier molecular flexibility index (Phi) is 7.28. The topological polar surface area (TPSA) is 23.5 Å². The molecule has 0 atom stereocenters.